The van der Waals surface area contributed by atoms with Gasteiger partial charge >= 0.3 is 6.03 Å². The normalized spacial score (nSPS) is 16.0. The van der Waals surface area contributed by atoms with Crippen LogP contribution in [0.2, 0.25) is 0 Å². The number of amides is 2. The molecule has 0 aromatic carbocycles. The molecule has 3 heterocycles. The van der Waals surface area contributed by atoms with Crippen molar-refractivity contribution in [3.63, 3.8) is 0 Å². The fraction of sp³-hybridized carbons (Fsp3) is 0.353. The second-order valence-electron chi connectivity index (χ2n) is 5.61. The van der Waals surface area contributed by atoms with Gasteiger partial charge in [0.05, 0.1) is 11.7 Å². The highest BCUT2D eigenvalue weighted by atomic mass is 16.2. The first-order valence-electron chi connectivity index (χ1n) is 7.85. The highest BCUT2D eigenvalue weighted by Gasteiger charge is 2.22. The van der Waals surface area contributed by atoms with Crippen LogP contribution in [0.5, 0.6) is 0 Å². The average molecular weight is 311 g/mol. The summed E-state index contributed by atoms with van der Waals surface area (Å²) in [6, 6.07) is 9.60. The van der Waals surface area contributed by atoms with Gasteiger partial charge in [0, 0.05) is 50.5 Å². The topological polar surface area (TPSA) is 61.4 Å². The number of aromatic nitrogens is 2. The largest absolute Gasteiger partial charge is 0.368 e. The first-order valence-corrected chi connectivity index (χ1v) is 7.85. The van der Waals surface area contributed by atoms with Gasteiger partial charge in [0.15, 0.2) is 0 Å². The predicted molar refractivity (Wildman–Crippen MR) is 89.2 cm³/mol. The molecular weight excluding hydrogens is 290 g/mol. The second-order valence-corrected chi connectivity index (χ2v) is 5.61. The average Bonchev–Trinajstić information content (AvgIpc) is 2.63. The number of anilines is 1. The van der Waals surface area contributed by atoms with Crippen LogP contribution in [0.4, 0.5) is 10.5 Å². The SMILES string of the molecule is C[C@H](NC(=O)N1CCN(c2ccncc2)CC1)c1ccccn1. The fourth-order valence-corrected chi connectivity index (χ4v) is 2.71. The van der Waals surface area contributed by atoms with Crippen LogP contribution in [0.25, 0.3) is 0 Å². The van der Waals surface area contributed by atoms with Crippen molar-refractivity contribution < 1.29 is 4.79 Å². The Morgan fingerprint density at radius 2 is 1.83 bits per heavy atom. The van der Waals surface area contributed by atoms with Gasteiger partial charge in [0.1, 0.15) is 0 Å². The molecule has 0 aliphatic carbocycles. The van der Waals surface area contributed by atoms with E-state index in [9.17, 15) is 4.79 Å². The maximum Gasteiger partial charge on any atom is 0.318 e. The molecule has 0 unspecified atom stereocenters. The molecule has 2 aromatic heterocycles. The highest BCUT2D eigenvalue weighted by Crippen LogP contribution is 2.15. The summed E-state index contributed by atoms with van der Waals surface area (Å²) in [5, 5.41) is 3.02. The van der Waals surface area contributed by atoms with Gasteiger partial charge in [-0.1, -0.05) is 6.07 Å². The van der Waals surface area contributed by atoms with E-state index in [1.165, 1.54) is 0 Å². The molecule has 0 bridgehead atoms. The Balaban J connectivity index is 1.52. The number of nitrogens with zero attached hydrogens (tertiary/aromatic N) is 4. The Labute approximate surface area is 136 Å². The van der Waals surface area contributed by atoms with E-state index in [2.05, 4.69) is 20.2 Å². The summed E-state index contributed by atoms with van der Waals surface area (Å²) in [5.74, 6) is 0. The molecule has 1 N–H and O–H groups in total. The van der Waals surface area contributed by atoms with Crippen LogP contribution in [0.15, 0.2) is 48.9 Å². The Bertz CT molecular complexity index is 626. The first kappa shape index (κ1) is 15.3. The Morgan fingerprint density at radius 1 is 1.09 bits per heavy atom. The molecule has 2 amide bonds. The minimum absolute atomic E-state index is 0.0301. The van der Waals surface area contributed by atoms with E-state index < -0.39 is 0 Å². The van der Waals surface area contributed by atoms with Crippen molar-refractivity contribution in [1.82, 2.24) is 20.2 Å². The molecule has 120 valence electrons. The number of hydrogen-bond donors (Lipinski definition) is 1. The van der Waals surface area contributed by atoms with Gasteiger partial charge < -0.3 is 15.1 Å². The number of hydrogen-bond acceptors (Lipinski definition) is 4. The van der Waals surface area contributed by atoms with E-state index in [1.807, 2.05) is 42.2 Å². The third-order valence-corrected chi connectivity index (χ3v) is 4.07. The van der Waals surface area contributed by atoms with Crippen molar-refractivity contribution in [3.8, 4) is 0 Å². The lowest BCUT2D eigenvalue weighted by Crippen LogP contribution is -2.52. The molecule has 0 spiro atoms. The molecule has 3 rings (SSSR count). The van der Waals surface area contributed by atoms with Crippen LogP contribution in [0, 0.1) is 0 Å². The molecule has 2 aromatic rings. The van der Waals surface area contributed by atoms with Crippen LogP contribution in [0.1, 0.15) is 18.7 Å². The number of nitrogens with one attached hydrogen (secondary N) is 1. The van der Waals surface area contributed by atoms with Crippen molar-refractivity contribution in [2.24, 2.45) is 0 Å². The number of urea groups is 1. The number of carbonyl (C=O) groups excluding carboxylic acids is 1. The molecule has 1 saturated heterocycles. The Morgan fingerprint density at radius 3 is 2.48 bits per heavy atom. The first-order chi connectivity index (χ1) is 11.2. The minimum Gasteiger partial charge on any atom is -0.368 e. The van der Waals surface area contributed by atoms with Gasteiger partial charge in [0.2, 0.25) is 0 Å². The van der Waals surface area contributed by atoms with E-state index in [-0.39, 0.29) is 12.1 Å². The van der Waals surface area contributed by atoms with Crippen molar-refractivity contribution in [2.75, 3.05) is 31.1 Å². The van der Waals surface area contributed by atoms with Gasteiger partial charge in [-0.05, 0) is 31.2 Å². The summed E-state index contributed by atoms with van der Waals surface area (Å²) < 4.78 is 0. The third kappa shape index (κ3) is 3.77. The molecule has 6 heteroatoms. The van der Waals surface area contributed by atoms with Gasteiger partial charge in [-0.2, -0.15) is 0 Å². The summed E-state index contributed by atoms with van der Waals surface area (Å²) in [5.41, 5.74) is 2.03. The zero-order valence-electron chi connectivity index (χ0n) is 13.2. The van der Waals surface area contributed by atoms with E-state index in [4.69, 9.17) is 0 Å². The number of carbonyl (C=O) groups is 1. The van der Waals surface area contributed by atoms with E-state index in [0.717, 1.165) is 24.5 Å². The molecular formula is C17H21N5O. The Kier molecular flexibility index (Phi) is 4.71. The summed E-state index contributed by atoms with van der Waals surface area (Å²) >= 11 is 0. The lowest BCUT2D eigenvalue weighted by Gasteiger charge is -2.36. The summed E-state index contributed by atoms with van der Waals surface area (Å²) in [7, 11) is 0. The second kappa shape index (κ2) is 7.09. The van der Waals surface area contributed by atoms with Crippen molar-refractivity contribution in [3.05, 3.63) is 54.6 Å². The zero-order valence-corrected chi connectivity index (χ0v) is 13.2. The maximum absolute atomic E-state index is 12.4. The molecule has 0 radical (unpaired) electrons. The van der Waals surface area contributed by atoms with Gasteiger partial charge in [-0.25, -0.2) is 4.79 Å². The molecule has 1 aliphatic rings. The quantitative estimate of drug-likeness (QED) is 0.942. The van der Waals surface area contributed by atoms with Crippen LogP contribution in [-0.2, 0) is 0 Å². The van der Waals surface area contributed by atoms with Crippen LogP contribution >= 0.6 is 0 Å². The number of rotatable bonds is 3. The minimum atomic E-state index is -0.0954. The van der Waals surface area contributed by atoms with Gasteiger partial charge in [-0.15, -0.1) is 0 Å². The molecule has 6 nitrogen and oxygen atoms in total. The van der Waals surface area contributed by atoms with E-state index >= 15 is 0 Å². The van der Waals surface area contributed by atoms with Gasteiger partial charge in [0.25, 0.3) is 0 Å². The molecule has 23 heavy (non-hydrogen) atoms. The lowest BCUT2D eigenvalue weighted by atomic mass is 10.2. The summed E-state index contributed by atoms with van der Waals surface area (Å²) in [4.78, 5) is 24.8. The number of pyridine rings is 2. The standard InChI is InChI=1S/C17H21N5O/c1-14(16-4-2-3-7-19-16)20-17(23)22-12-10-21(11-13-22)15-5-8-18-9-6-15/h2-9,14H,10-13H2,1H3,(H,20,23)/t14-/m0/s1. The van der Waals surface area contributed by atoms with Crippen LogP contribution in [-0.4, -0.2) is 47.1 Å². The molecule has 1 fully saturated rings. The highest BCUT2D eigenvalue weighted by molar-refractivity contribution is 5.75. The van der Waals surface area contributed by atoms with Crippen molar-refractivity contribution >= 4 is 11.7 Å². The third-order valence-electron chi connectivity index (χ3n) is 4.07. The van der Waals surface area contributed by atoms with E-state index in [1.54, 1.807) is 18.6 Å². The summed E-state index contributed by atoms with van der Waals surface area (Å²) in [6.07, 6.45) is 5.33. The Hall–Kier alpha value is -2.63. The molecule has 1 atom stereocenters. The molecule has 0 saturated carbocycles. The van der Waals surface area contributed by atoms with Gasteiger partial charge in [-0.3, -0.25) is 9.97 Å². The number of piperazine rings is 1. The van der Waals surface area contributed by atoms with E-state index in [0.29, 0.717) is 13.1 Å². The lowest BCUT2D eigenvalue weighted by molar-refractivity contribution is 0.191. The maximum atomic E-state index is 12.4. The summed E-state index contributed by atoms with van der Waals surface area (Å²) in [6.45, 7) is 5.03. The monoisotopic (exact) mass is 311 g/mol. The predicted octanol–water partition coefficient (Wildman–Crippen LogP) is 2.07. The van der Waals surface area contributed by atoms with Crippen molar-refractivity contribution in [2.45, 2.75) is 13.0 Å². The van der Waals surface area contributed by atoms with Crippen LogP contribution in [0.3, 0.4) is 0 Å². The molecule has 1 aliphatic heterocycles. The van der Waals surface area contributed by atoms with Crippen LogP contribution < -0.4 is 10.2 Å². The smallest absolute Gasteiger partial charge is 0.318 e. The van der Waals surface area contributed by atoms with Crippen molar-refractivity contribution in [1.29, 1.82) is 0 Å². The zero-order chi connectivity index (χ0) is 16.1. The fourth-order valence-electron chi connectivity index (χ4n) is 2.71.